The summed E-state index contributed by atoms with van der Waals surface area (Å²) in [7, 11) is 1.71. The molecule has 0 radical (unpaired) electrons. The summed E-state index contributed by atoms with van der Waals surface area (Å²) in [6, 6.07) is 0. The van der Waals surface area contributed by atoms with Crippen LogP contribution in [-0.4, -0.2) is 28.5 Å². The van der Waals surface area contributed by atoms with Gasteiger partial charge in [0.15, 0.2) is 0 Å². The lowest BCUT2D eigenvalue weighted by Gasteiger charge is -2.30. The van der Waals surface area contributed by atoms with Crippen molar-refractivity contribution < 1.29 is 4.79 Å². The molecule has 1 aromatic rings. The first kappa shape index (κ1) is 12.4. The number of hydrogen-bond donors (Lipinski definition) is 0. The van der Waals surface area contributed by atoms with E-state index in [0.717, 1.165) is 43.0 Å². The zero-order valence-electron chi connectivity index (χ0n) is 10.5. The maximum atomic E-state index is 12.3. The number of amides is 1. The van der Waals surface area contributed by atoms with E-state index < -0.39 is 0 Å². The maximum Gasteiger partial charge on any atom is 0.307 e. The van der Waals surface area contributed by atoms with Crippen LogP contribution in [0, 0.1) is 12.8 Å². The highest BCUT2D eigenvalue weighted by atomic mass is 32.1. The number of hydrogen-bond acceptors (Lipinski definition) is 3. The van der Waals surface area contributed by atoms with Gasteiger partial charge in [0, 0.05) is 25.8 Å². The quantitative estimate of drug-likeness (QED) is 0.764. The van der Waals surface area contributed by atoms with Gasteiger partial charge in [-0.3, -0.25) is 9.59 Å². The van der Waals surface area contributed by atoms with Crippen molar-refractivity contribution in [1.82, 2.24) is 9.47 Å². The summed E-state index contributed by atoms with van der Waals surface area (Å²) < 4.78 is 1.55. The molecule has 1 amide bonds. The van der Waals surface area contributed by atoms with Gasteiger partial charge < -0.3 is 9.47 Å². The Morgan fingerprint density at radius 3 is 2.41 bits per heavy atom. The van der Waals surface area contributed by atoms with Crippen molar-refractivity contribution in [3.63, 3.8) is 0 Å². The van der Waals surface area contributed by atoms with Gasteiger partial charge in [-0.25, -0.2) is 0 Å². The molecule has 0 unspecified atom stereocenters. The number of thiazole rings is 1. The Labute approximate surface area is 105 Å². The number of carbonyl (C=O) groups excluding carboxylic acids is 1. The van der Waals surface area contributed by atoms with Gasteiger partial charge in [0.2, 0.25) is 0 Å². The zero-order chi connectivity index (χ0) is 12.6. The third-order valence-electron chi connectivity index (χ3n) is 3.56. The van der Waals surface area contributed by atoms with Crippen LogP contribution >= 0.6 is 11.3 Å². The fourth-order valence-corrected chi connectivity index (χ4v) is 3.02. The highest BCUT2D eigenvalue weighted by Crippen LogP contribution is 2.20. The van der Waals surface area contributed by atoms with Crippen molar-refractivity contribution in [2.45, 2.75) is 26.7 Å². The third kappa shape index (κ3) is 2.29. The minimum atomic E-state index is -0.0590. The molecule has 0 saturated carbocycles. The summed E-state index contributed by atoms with van der Waals surface area (Å²) >= 11 is 1.06. The minimum Gasteiger partial charge on any atom is -0.338 e. The van der Waals surface area contributed by atoms with Gasteiger partial charge in [-0.1, -0.05) is 18.3 Å². The molecule has 1 aliphatic rings. The first-order chi connectivity index (χ1) is 8.00. The van der Waals surface area contributed by atoms with E-state index in [1.54, 1.807) is 11.6 Å². The van der Waals surface area contributed by atoms with Gasteiger partial charge >= 0.3 is 4.87 Å². The molecule has 5 heteroatoms. The molecule has 0 aromatic carbocycles. The second kappa shape index (κ2) is 4.64. The maximum absolute atomic E-state index is 12.3. The number of piperidine rings is 1. The van der Waals surface area contributed by atoms with Gasteiger partial charge in [-0.05, 0) is 25.7 Å². The summed E-state index contributed by atoms with van der Waals surface area (Å²) in [6.45, 7) is 5.68. The van der Waals surface area contributed by atoms with E-state index in [4.69, 9.17) is 0 Å². The van der Waals surface area contributed by atoms with E-state index in [-0.39, 0.29) is 10.8 Å². The molecule has 0 spiro atoms. The molecular formula is C12H18N2O2S. The summed E-state index contributed by atoms with van der Waals surface area (Å²) in [5.41, 5.74) is 0.781. The molecule has 4 nitrogen and oxygen atoms in total. The van der Waals surface area contributed by atoms with Crippen molar-refractivity contribution in [3.05, 3.63) is 20.2 Å². The van der Waals surface area contributed by atoms with Crippen LogP contribution in [0.1, 0.15) is 35.1 Å². The molecule has 0 atom stereocenters. The van der Waals surface area contributed by atoms with E-state index in [2.05, 4.69) is 6.92 Å². The van der Waals surface area contributed by atoms with Crippen LogP contribution in [0.3, 0.4) is 0 Å². The molecule has 0 bridgehead atoms. The Balaban J connectivity index is 2.20. The second-order valence-electron chi connectivity index (χ2n) is 4.82. The van der Waals surface area contributed by atoms with Gasteiger partial charge in [0.25, 0.3) is 5.91 Å². The van der Waals surface area contributed by atoms with Gasteiger partial charge in [0.1, 0.15) is 4.88 Å². The topological polar surface area (TPSA) is 42.3 Å². The predicted molar refractivity (Wildman–Crippen MR) is 68.6 cm³/mol. The van der Waals surface area contributed by atoms with Crippen molar-refractivity contribution in [3.8, 4) is 0 Å². The van der Waals surface area contributed by atoms with Crippen LogP contribution in [-0.2, 0) is 7.05 Å². The Morgan fingerprint density at radius 2 is 1.94 bits per heavy atom. The number of rotatable bonds is 1. The summed E-state index contributed by atoms with van der Waals surface area (Å²) in [4.78, 5) is 26.2. The lowest BCUT2D eigenvalue weighted by molar-refractivity contribution is 0.0701. The lowest BCUT2D eigenvalue weighted by Crippen LogP contribution is -2.37. The SMILES string of the molecule is Cc1c(C(=O)N2CCC(C)CC2)sc(=O)n1C. The van der Waals surface area contributed by atoms with Crippen LogP contribution in [0.25, 0.3) is 0 Å². The van der Waals surface area contributed by atoms with Crippen LogP contribution in [0.4, 0.5) is 0 Å². The molecule has 2 heterocycles. The minimum absolute atomic E-state index is 0.0251. The number of likely N-dealkylation sites (tertiary alicyclic amines) is 1. The molecule has 1 fully saturated rings. The van der Waals surface area contributed by atoms with Crippen molar-refractivity contribution in [1.29, 1.82) is 0 Å². The van der Waals surface area contributed by atoms with Gasteiger partial charge in [0.05, 0.1) is 0 Å². The molecule has 1 aliphatic heterocycles. The molecule has 17 heavy (non-hydrogen) atoms. The Bertz CT molecular complexity index is 481. The van der Waals surface area contributed by atoms with E-state index >= 15 is 0 Å². The van der Waals surface area contributed by atoms with Crippen molar-refractivity contribution in [2.24, 2.45) is 13.0 Å². The first-order valence-electron chi connectivity index (χ1n) is 5.96. The Hall–Kier alpha value is -1.10. The second-order valence-corrected chi connectivity index (χ2v) is 5.78. The largest absolute Gasteiger partial charge is 0.338 e. The predicted octanol–water partition coefficient (Wildman–Crippen LogP) is 1.63. The molecular weight excluding hydrogens is 236 g/mol. The van der Waals surface area contributed by atoms with Crippen LogP contribution in [0.5, 0.6) is 0 Å². The highest BCUT2D eigenvalue weighted by molar-refractivity contribution is 7.11. The third-order valence-corrected chi connectivity index (χ3v) is 4.68. The Kier molecular flexibility index (Phi) is 3.38. The molecule has 2 rings (SSSR count). The fourth-order valence-electron chi connectivity index (χ4n) is 2.07. The fraction of sp³-hybridized carbons (Fsp3) is 0.667. The van der Waals surface area contributed by atoms with Gasteiger partial charge in [-0.2, -0.15) is 0 Å². The van der Waals surface area contributed by atoms with Crippen LogP contribution in [0.15, 0.2) is 4.79 Å². The summed E-state index contributed by atoms with van der Waals surface area (Å²) in [6.07, 6.45) is 2.12. The first-order valence-corrected chi connectivity index (χ1v) is 6.78. The van der Waals surface area contributed by atoms with Crippen LogP contribution < -0.4 is 4.87 Å². The normalized spacial score (nSPS) is 17.5. The summed E-state index contributed by atoms with van der Waals surface area (Å²) in [5.74, 6) is 0.728. The number of aromatic nitrogens is 1. The molecule has 0 aliphatic carbocycles. The molecule has 1 aromatic heterocycles. The number of carbonyl (C=O) groups is 1. The molecule has 94 valence electrons. The lowest BCUT2D eigenvalue weighted by atomic mass is 9.99. The van der Waals surface area contributed by atoms with E-state index in [0.29, 0.717) is 10.8 Å². The molecule has 1 saturated heterocycles. The summed E-state index contributed by atoms with van der Waals surface area (Å²) in [5, 5.41) is 0. The Morgan fingerprint density at radius 1 is 1.35 bits per heavy atom. The molecule has 0 N–H and O–H groups in total. The van der Waals surface area contributed by atoms with Crippen molar-refractivity contribution in [2.75, 3.05) is 13.1 Å². The monoisotopic (exact) mass is 254 g/mol. The van der Waals surface area contributed by atoms with Crippen molar-refractivity contribution >= 4 is 17.2 Å². The smallest absolute Gasteiger partial charge is 0.307 e. The van der Waals surface area contributed by atoms with E-state index in [1.165, 1.54) is 0 Å². The van der Waals surface area contributed by atoms with Crippen LogP contribution in [0.2, 0.25) is 0 Å². The highest BCUT2D eigenvalue weighted by Gasteiger charge is 2.25. The standard InChI is InChI=1S/C12H18N2O2S/c1-8-4-6-14(7-5-8)11(15)10-9(2)13(3)12(16)17-10/h8H,4-7H2,1-3H3. The zero-order valence-corrected chi connectivity index (χ0v) is 11.3. The van der Waals surface area contributed by atoms with E-state index in [9.17, 15) is 9.59 Å². The average molecular weight is 254 g/mol. The average Bonchev–Trinajstić information content (AvgIpc) is 2.57. The van der Waals surface area contributed by atoms with E-state index in [1.807, 2.05) is 11.8 Å². The van der Waals surface area contributed by atoms with Gasteiger partial charge in [-0.15, -0.1) is 0 Å². The number of nitrogens with zero attached hydrogens (tertiary/aromatic N) is 2.